The minimum absolute atomic E-state index is 1.01. The molecule has 1 heterocycles. The summed E-state index contributed by atoms with van der Waals surface area (Å²) in [6, 6.07) is 17.9. The van der Waals surface area contributed by atoms with Gasteiger partial charge in [0, 0.05) is 30.9 Å². The van der Waals surface area contributed by atoms with Gasteiger partial charge in [0.1, 0.15) is 14.1 Å². The molecule has 0 saturated heterocycles. The van der Waals surface area contributed by atoms with Crippen LogP contribution < -0.4 is 15.3 Å². The molecule has 0 spiro atoms. The maximum Gasteiger partial charge on any atom is 0.199 e. The first kappa shape index (κ1) is 19.6. The van der Waals surface area contributed by atoms with Gasteiger partial charge in [0.25, 0.3) is 0 Å². The topological polar surface area (TPSA) is 18.6 Å². The number of nitrogens with zero attached hydrogens (tertiary/aromatic N) is 3. The minimum Gasteiger partial charge on any atom is -0.372 e. The van der Waals surface area contributed by atoms with Crippen molar-refractivity contribution in [1.29, 1.82) is 0 Å². The lowest BCUT2D eigenvalue weighted by molar-refractivity contribution is -0.462. The zero-order chi connectivity index (χ0) is 20.6. The first-order valence-corrected chi connectivity index (χ1v) is 13.0. The summed E-state index contributed by atoms with van der Waals surface area (Å²) in [4.78, 5) is 7.50. The summed E-state index contributed by atoms with van der Waals surface area (Å²) in [7, 11) is 2.03. The Morgan fingerprint density at radius 3 is 2.34 bits per heavy atom. The van der Waals surface area contributed by atoms with Gasteiger partial charge in [-0.1, -0.05) is 36.9 Å². The van der Waals surface area contributed by atoms with Gasteiger partial charge >= 0.3 is 0 Å². The van der Waals surface area contributed by atoms with Crippen molar-refractivity contribution in [3.8, 4) is 0 Å². The van der Waals surface area contributed by atoms with E-state index in [0.717, 1.165) is 24.5 Å². The van der Waals surface area contributed by atoms with E-state index in [-0.39, 0.29) is 0 Å². The van der Waals surface area contributed by atoms with Gasteiger partial charge in [0.15, 0.2) is 13.8 Å². The average Bonchev–Trinajstić information content (AvgIpc) is 2.75. The van der Waals surface area contributed by atoms with Crippen LogP contribution in [-0.4, -0.2) is 51.3 Å². The molecule has 4 rings (SSSR count). The molecule has 3 nitrogen and oxygen atoms in total. The Morgan fingerprint density at radius 1 is 0.966 bits per heavy atom. The van der Waals surface area contributed by atoms with Crippen LogP contribution in [0.5, 0.6) is 0 Å². The van der Waals surface area contributed by atoms with Crippen LogP contribution in [0, 0.1) is 0 Å². The number of allylic oxidation sites excluding steroid dienone is 4. The number of hydrogen-bond donors (Lipinski definition) is 0. The second kappa shape index (κ2) is 7.60. The monoisotopic (exact) mass is 400 g/mol. The van der Waals surface area contributed by atoms with Crippen LogP contribution in [0.15, 0.2) is 76.9 Å². The average molecular weight is 401 g/mol. The molecule has 0 radical (unpaired) electrons. The molecule has 0 amide bonds. The molecule has 2 aromatic rings. The van der Waals surface area contributed by atoms with Crippen LogP contribution in [0.2, 0.25) is 6.55 Å². The van der Waals surface area contributed by atoms with Crippen LogP contribution in [0.4, 0.5) is 11.4 Å². The van der Waals surface area contributed by atoms with E-state index in [9.17, 15) is 0 Å². The highest BCUT2D eigenvalue weighted by Gasteiger charge is 2.43. The summed E-state index contributed by atoms with van der Waals surface area (Å²) in [6.07, 6.45) is 6.74. The Kier molecular flexibility index (Phi) is 5.13. The maximum absolute atomic E-state index is 5.08. The third-order valence-corrected chi connectivity index (χ3v) is 10.7. The van der Waals surface area contributed by atoms with Crippen LogP contribution in [0.3, 0.4) is 0 Å². The second-order valence-corrected chi connectivity index (χ2v) is 12.0. The Morgan fingerprint density at radius 2 is 1.69 bits per heavy atom. The summed E-state index contributed by atoms with van der Waals surface area (Å²) in [5, 5.41) is 4.25. The molecule has 148 valence electrons. The molecule has 2 aromatic carbocycles. The zero-order valence-electron chi connectivity index (χ0n) is 18.1. The molecule has 0 fully saturated rings. The largest absolute Gasteiger partial charge is 0.372 e. The van der Waals surface area contributed by atoms with E-state index in [1.807, 2.05) is 0 Å². The van der Waals surface area contributed by atoms with Gasteiger partial charge in [0.05, 0.1) is 11.4 Å². The lowest BCUT2D eigenvalue weighted by Crippen LogP contribution is -2.61. The Balaban J connectivity index is 2.01. The van der Waals surface area contributed by atoms with Crippen molar-refractivity contribution < 1.29 is 4.58 Å². The molecule has 4 heteroatoms. The fraction of sp³-hybridized carbons (Fsp3) is 0.280. The zero-order valence-corrected chi connectivity index (χ0v) is 19.1. The van der Waals surface area contributed by atoms with Crippen molar-refractivity contribution in [3.05, 3.63) is 72.0 Å². The summed E-state index contributed by atoms with van der Waals surface area (Å²) in [5.41, 5.74) is 4.78. The van der Waals surface area contributed by atoms with Gasteiger partial charge in [-0.25, -0.2) is 9.57 Å². The van der Waals surface area contributed by atoms with Crippen LogP contribution in [0.1, 0.15) is 13.8 Å². The lowest BCUT2D eigenvalue weighted by Gasteiger charge is -2.37. The van der Waals surface area contributed by atoms with Crippen molar-refractivity contribution in [2.24, 2.45) is 4.99 Å². The number of rotatable bonds is 4. The molecule has 1 aliphatic heterocycles. The molecule has 2 aliphatic rings. The molecule has 0 saturated carbocycles. The summed E-state index contributed by atoms with van der Waals surface area (Å²) in [5.74, 6) is 0. The van der Waals surface area contributed by atoms with Crippen LogP contribution in [0.25, 0.3) is 0 Å². The highest BCUT2D eigenvalue weighted by atomic mass is 28.3. The molecule has 1 unspecified atom stereocenters. The van der Waals surface area contributed by atoms with Crippen LogP contribution >= 0.6 is 0 Å². The van der Waals surface area contributed by atoms with Crippen molar-refractivity contribution in [3.63, 3.8) is 0 Å². The first-order chi connectivity index (χ1) is 14.0. The fourth-order valence-electron chi connectivity index (χ4n) is 4.46. The number of hydrogen-bond acceptors (Lipinski definition) is 2. The fourth-order valence-corrected chi connectivity index (χ4v) is 8.41. The maximum atomic E-state index is 5.08. The van der Waals surface area contributed by atoms with Crippen molar-refractivity contribution in [2.75, 3.05) is 32.1 Å². The number of anilines is 1. The predicted octanol–water partition coefficient (Wildman–Crippen LogP) is 3.56. The van der Waals surface area contributed by atoms with E-state index in [2.05, 4.69) is 111 Å². The normalized spacial score (nSPS) is 19.8. The summed E-state index contributed by atoms with van der Waals surface area (Å²) >= 11 is 0. The second-order valence-electron chi connectivity index (χ2n) is 8.07. The first-order valence-electron chi connectivity index (χ1n) is 10.5. The van der Waals surface area contributed by atoms with E-state index < -0.39 is 8.07 Å². The SMILES string of the molecule is CCN(CC)c1ccc2c(c1)[Si](C)(c1ccccc1)C1=CC(=[N+](C)C)C=CC1=N2. The van der Waals surface area contributed by atoms with Crippen molar-refractivity contribution >= 4 is 41.2 Å². The Hall–Kier alpha value is -2.72. The van der Waals surface area contributed by atoms with Crippen molar-refractivity contribution in [1.82, 2.24) is 0 Å². The van der Waals surface area contributed by atoms with Gasteiger partial charge < -0.3 is 4.90 Å². The van der Waals surface area contributed by atoms with Crippen molar-refractivity contribution in [2.45, 2.75) is 20.4 Å². The van der Waals surface area contributed by atoms with E-state index in [0.29, 0.717) is 0 Å². The van der Waals surface area contributed by atoms with E-state index >= 15 is 0 Å². The highest BCUT2D eigenvalue weighted by molar-refractivity contribution is 7.10. The number of aliphatic imine (C=N–C) groups is 1. The standard InChI is InChI=1S/C25H30N3Si/c1-6-28(7-2)20-14-16-23-25(18-20)29(5,21-11-9-8-10-12-21)24-17-19(27(3)4)13-15-22(24)26-23/h8-18H,6-7H2,1-5H3/q+1. The number of benzene rings is 2. The summed E-state index contributed by atoms with van der Waals surface area (Å²) < 4.78 is 2.18. The molecular weight excluding hydrogens is 370 g/mol. The molecule has 0 bridgehead atoms. The van der Waals surface area contributed by atoms with Gasteiger partial charge in [0.2, 0.25) is 0 Å². The lowest BCUT2D eigenvalue weighted by atomic mass is 10.1. The summed E-state index contributed by atoms with van der Waals surface area (Å²) in [6.45, 7) is 8.95. The smallest absolute Gasteiger partial charge is 0.199 e. The van der Waals surface area contributed by atoms with Gasteiger partial charge in [-0.15, -0.1) is 0 Å². The molecular formula is C25H30N3Si+. The van der Waals surface area contributed by atoms with E-state index in [1.165, 1.54) is 27.0 Å². The van der Waals surface area contributed by atoms with E-state index in [4.69, 9.17) is 4.99 Å². The minimum atomic E-state index is -2.18. The highest BCUT2D eigenvalue weighted by Crippen LogP contribution is 2.32. The van der Waals surface area contributed by atoms with E-state index in [1.54, 1.807) is 0 Å². The van der Waals surface area contributed by atoms with Crippen LogP contribution in [-0.2, 0) is 0 Å². The van der Waals surface area contributed by atoms with Gasteiger partial charge in [-0.05, 0) is 53.7 Å². The molecule has 29 heavy (non-hydrogen) atoms. The third kappa shape index (κ3) is 3.21. The molecule has 0 aromatic heterocycles. The molecule has 0 N–H and O–H groups in total. The third-order valence-electron chi connectivity index (χ3n) is 6.27. The van der Waals surface area contributed by atoms with Gasteiger partial charge in [-0.2, -0.15) is 0 Å². The predicted molar refractivity (Wildman–Crippen MR) is 129 cm³/mol. The quantitative estimate of drug-likeness (QED) is 0.436. The molecule has 1 atom stereocenters. The van der Waals surface area contributed by atoms with Gasteiger partial charge in [-0.3, -0.25) is 0 Å². The number of fused-ring (bicyclic) bond motifs is 2. The Bertz CT molecular complexity index is 1050. The molecule has 1 aliphatic carbocycles. The Labute approximate surface area is 175 Å².